The Morgan fingerprint density at radius 3 is 1.88 bits per heavy atom. The van der Waals surface area contributed by atoms with Gasteiger partial charge in [0.2, 0.25) is 0 Å². The quantitative estimate of drug-likeness (QED) is 0.670. The second-order valence-corrected chi connectivity index (χ2v) is 7.10. The fraction of sp³-hybridized carbons (Fsp3) is 0. The van der Waals surface area contributed by atoms with Gasteiger partial charge < -0.3 is 0 Å². The number of nitrogens with one attached hydrogen (secondary N) is 1. The highest BCUT2D eigenvalue weighted by atomic mass is 32.2. The summed E-state index contributed by atoms with van der Waals surface area (Å²) in [5, 5.41) is 0. The number of sulfonamides is 1. The van der Waals surface area contributed by atoms with Crippen LogP contribution in [0.25, 0.3) is 0 Å². The molecule has 0 saturated heterocycles. The molecule has 3 aromatic rings. The van der Waals surface area contributed by atoms with Crippen LogP contribution in [0.5, 0.6) is 0 Å². The first-order valence-corrected chi connectivity index (χ1v) is 9.09. The molecule has 0 spiro atoms. The number of halogens is 2. The summed E-state index contributed by atoms with van der Waals surface area (Å²) in [6.07, 6.45) is 1.56. The molecule has 1 N–H and O–H groups in total. The second-order valence-electron chi connectivity index (χ2n) is 5.42. The zero-order valence-corrected chi connectivity index (χ0v) is 14.2. The average Bonchev–Trinajstić information content (AvgIpc) is 2.63. The highest BCUT2D eigenvalue weighted by Crippen LogP contribution is 2.20. The summed E-state index contributed by atoms with van der Waals surface area (Å²) in [4.78, 5) is 4.28. The van der Waals surface area contributed by atoms with E-state index >= 15 is 0 Å². The second kappa shape index (κ2) is 7.45. The Hall–Kier alpha value is -3.06. The van der Waals surface area contributed by atoms with Crippen molar-refractivity contribution < 1.29 is 17.2 Å². The number of aliphatic imine (C=N–C) groups is 1. The minimum atomic E-state index is -3.78. The molecule has 7 heteroatoms. The minimum absolute atomic E-state index is 0.0579. The van der Waals surface area contributed by atoms with Crippen molar-refractivity contribution >= 4 is 27.6 Å². The number of anilines is 1. The molecular formula is C19H14F2N2O2S. The Bertz CT molecular complexity index is 1010. The average molecular weight is 372 g/mol. The normalized spacial score (nSPS) is 11.6. The highest BCUT2D eigenvalue weighted by Gasteiger charge is 2.13. The van der Waals surface area contributed by atoms with E-state index in [1.54, 1.807) is 30.5 Å². The lowest BCUT2D eigenvalue weighted by molar-refractivity contribution is 0.601. The lowest BCUT2D eigenvalue weighted by atomic mass is 10.2. The topological polar surface area (TPSA) is 58.5 Å². The van der Waals surface area contributed by atoms with Crippen LogP contribution in [0.4, 0.5) is 20.2 Å². The van der Waals surface area contributed by atoms with Gasteiger partial charge in [-0.2, -0.15) is 0 Å². The number of rotatable bonds is 5. The van der Waals surface area contributed by atoms with Gasteiger partial charge in [0.25, 0.3) is 10.0 Å². The van der Waals surface area contributed by atoms with Gasteiger partial charge in [-0.25, -0.2) is 17.2 Å². The molecule has 3 aromatic carbocycles. The molecule has 0 unspecified atom stereocenters. The van der Waals surface area contributed by atoms with Crippen molar-refractivity contribution in [2.24, 2.45) is 4.99 Å². The SMILES string of the molecule is O=S(=O)(Nc1ccc(F)cc1)c1ccc(N=Cc2ccc(F)cc2)cc1. The lowest BCUT2D eigenvalue weighted by Crippen LogP contribution is -2.12. The van der Waals surface area contributed by atoms with Crippen molar-refractivity contribution in [3.63, 3.8) is 0 Å². The Balaban J connectivity index is 1.73. The predicted molar refractivity (Wildman–Crippen MR) is 97.3 cm³/mol. The van der Waals surface area contributed by atoms with Crippen LogP contribution in [0.1, 0.15) is 5.56 Å². The van der Waals surface area contributed by atoms with Gasteiger partial charge in [0.1, 0.15) is 11.6 Å². The van der Waals surface area contributed by atoms with E-state index in [0.717, 1.165) is 5.56 Å². The van der Waals surface area contributed by atoms with Crippen molar-refractivity contribution in [1.82, 2.24) is 0 Å². The van der Waals surface area contributed by atoms with Crippen LogP contribution >= 0.6 is 0 Å². The molecule has 4 nitrogen and oxygen atoms in total. The van der Waals surface area contributed by atoms with E-state index < -0.39 is 15.8 Å². The summed E-state index contributed by atoms with van der Waals surface area (Å²) in [5.41, 5.74) is 1.54. The van der Waals surface area contributed by atoms with Crippen LogP contribution in [-0.4, -0.2) is 14.6 Å². The van der Waals surface area contributed by atoms with Gasteiger partial charge in [-0.15, -0.1) is 0 Å². The predicted octanol–water partition coefficient (Wildman–Crippen LogP) is 4.52. The number of benzene rings is 3. The van der Waals surface area contributed by atoms with Crippen LogP contribution < -0.4 is 4.72 Å². The van der Waals surface area contributed by atoms with E-state index in [1.807, 2.05) is 0 Å². The van der Waals surface area contributed by atoms with Crippen molar-refractivity contribution in [1.29, 1.82) is 0 Å². The molecule has 0 atom stereocenters. The maximum absolute atomic E-state index is 12.9. The molecule has 0 heterocycles. The Labute approximate surface area is 149 Å². The molecule has 0 aliphatic rings. The van der Waals surface area contributed by atoms with Crippen molar-refractivity contribution in [3.8, 4) is 0 Å². The highest BCUT2D eigenvalue weighted by molar-refractivity contribution is 7.92. The molecular weight excluding hydrogens is 358 g/mol. The molecule has 0 aromatic heterocycles. The van der Waals surface area contributed by atoms with E-state index in [2.05, 4.69) is 9.71 Å². The number of hydrogen-bond donors (Lipinski definition) is 1. The maximum atomic E-state index is 12.9. The van der Waals surface area contributed by atoms with Gasteiger partial charge in [0.05, 0.1) is 10.6 Å². The van der Waals surface area contributed by atoms with Gasteiger partial charge in [-0.05, 0) is 66.2 Å². The molecule has 0 aliphatic carbocycles. The fourth-order valence-corrected chi connectivity index (χ4v) is 3.20. The molecule has 26 heavy (non-hydrogen) atoms. The molecule has 0 aliphatic heterocycles. The van der Waals surface area contributed by atoms with Gasteiger partial charge in [-0.3, -0.25) is 9.71 Å². The monoisotopic (exact) mass is 372 g/mol. The third-order valence-electron chi connectivity index (χ3n) is 3.48. The Kier molecular flexibility index (Phi) is 5.09. The van der Waals surface area contributed by atoms with Crippen LogP contribution in [0.3, 0.4) is 0 Å². The summed E-state index contributed by atoms with van der Waals surface area (Å²) in [6, 6.07) is 16.8. The summed E-state index contributed by atoms with van der Waals surface area (Å²) >= 11 is 0. The maximum Gasteiger partial charge on any atom is 0.261 e. The van der Waals surface area contributed by atoms with E-state index in [1.165, 1.54) is 48.5 Å². The summed E-state index contributed by atoms with van der Waals surface area (Å²) in [7, 11) is -3.78. The van der Waals surface area contributed by atoms with Crippen molar-refractivity contribution in [2.45, 2.75) is 4.90 Å². The molecule has 132 valence electrons. The molecule has 0 fully saturated rings. The van der Waals surface area contributed by atoms with Gasteiger partial charge in [0.15, 0.2) is 0 Å². The molecule has 0 radical (unpaired) electrons. The van der Waals surface area contributed by atoms with Crippen molar-refractivity contribution in [3.05, 3.63) is 90.0 Å². The first-order chi connectivity index (χ1) is 12.4. The van der Waals surface area contributed by atoms with Crippen molar-refractivity contribution in [2.75, 3.05) is 4.72 Å². The molecule has 0 amide bonds. The number of hydrogen-bond acceptors (Lipinski definition) is 3. The summed E-state index contributed by atoms with van der Waals surface area (Å²) < 4.78 is 52.8. The van der Waals surface area contributed by atoms with Crippen LogP contribution in [0.2, 0.25) is 0 Å². The van der Waals surface area contributed by atoms with Gasteiger partial charge >= 0.3 is 0 Å². The largest absolute Gasteiger partial charge is 0.280 e. The van der Waals surface area contributed by atoms with Crippen LogP contribution in [0, 0.1) is 11.6 Å². The van der Waals surface area contributed by atoms with Gasteiger partial charge in [-0.1, -0.05) is 12.1 Å². The standard InChI is InChI=1S/C19H14F2N2O2S/c20-15-3-1-14(2-4-15)13-22-17-9-11-19(12-10-17)26(24,25)23-18-7-5-16(21)6-8-18/h1-13,23H. The minimum Gasteiger partial charge on any atom is -0.280 e. The fourth-order valence-electron chi connectivity index (χ4n) is 2.14. The van der Waals surface area contributed by atoms with E-state index in [4.69, 9.17) is 0 Å². The Morgan fingerprint density at radius 1 is 0.769 bits per heavy atom. The third kappa shape index (κ3) is 4.52. The van der Waals surface area contributed by atoms with Gasteiger partial charge in [0, 0.05) is 11.9 Å². The molecule has 0 bridgehead atoms. The van der Waals surface area contributed by atoms with Crippen LogP contribution in [-0.2, 0) is 10.0 Å². The molecule has 0 saturated carbocycles. The first kappa shape index (κ1) is 17.8. The van der Waals surface area contributed by atoms with E-state index in [9.17, 15) is 17.2 Å². The smallest absolute Gasteiger partial charge is 0.261 e. The Morgan fingerprint density at radius 2 is 1.31 bits per heavy atom. The number of nitrogens with zero attached hydrogens (tertiary/aromatic N) is 1. The van der Waals surface area contributed by atoms with Crippen LogP contribution in [0.15, 0.2) is 82.7 Å². The lowest BCUT2D eigenvalue weighted by Gasteiger charge is -2.08. The summed E-state index contributed by atoms with van der Waals surface area (Å²) in [6.45, 7) is 0. The van der Waals surface area contributed by atoms with E-state index in [-0.39, 0.29) is 16.4 Å². The third-order valence-corrected chi connectivity index (χ3v) is 4.87. The summed E-state index contributed by atoms with van der Waals surface area (Å²) in [5.74, 6) is -0.776. The first-order valence-electron chi connectivity index (χ1n) is 7.60. The zero-order valence-electron chi connectivity index (χ0n) is 13.4. The van der Waals surface area contributed by atoms with E-state index in [0.29, 0.717) is 5.69 Å². The zero-order chi connectivity index (χ0) is 18.6. The molecule has 3 rings (SSSR count).